The molecule has 0 heterocycles. The van der Waals surface area contributed by atoms with Gasteiger partial charge in [-0.15, -0.1) is 0 Å². The van der Waals surface area contributed by atoms with Gasteiger partial charge in [0.15, 0.2) is 23.7 Å². The van der Waals surface area contributed by atoms with Crippen molar-refractivity contribution in [2.75, 3.05) is 18.2 Å². The number of nitrogens with one attached hydrogen (secondary N) is 2. The number of ether oxygens (including phenoxy) is 3. The van der Waals surface area contributed by atoms with E-state index >= 15 is 0 Å². The van der Waals surface area contributed by atoms with Gasteiger partial charge in [0.2, 0.25) is 5.91 Å². The molecule has 214 valence electrons. The molecule has 4 aromatic carbocycles. The molecule has 0 spiro atoms. The lowest BCUT2D eigenvalue weighted by atomic mass is 10.0. The predicted octanol–water partition coefficient (Wildman–Crippen LogP) is 5.23. The zero-order valence-corrected chi connectivity index (χ0v) is 22.6. The van der Waals surface area contributed by atoms with E-state index in [1.807, 2.05) is 0 Å². The zero-order chi connectivity index (χ0) is 29.9. The lowest BCUT2D eigenvalue weighted by molar-refractivity contribution is -0.112. The van der Waals surface area contributed by atoms with Crippen LogP contribution in [0.5, 0.6) is 17.2 Å². The summed E-state index contributed by atoms with van der Waals surface area (Å²) in [5, 5.41) is 15.4. The van der Waals surface area contributed by atoms with E-state index in [1.165, 1.54) is 31.4 Å². The average molecular weight is 568 g/mol. The lowest BCUT2D eigenvalue weighted by Crippen LogP contribution is -2.36. The van der Waals surface area contributed by atoms with Gasteiger partial charge in [0.1, 0.15) is 5.75 Å². The highest BCUT2D eigenvalue weighted by Gasteiger charge is 2.29. The van der Waals surface area contributed by atoms with E-state index in [0.29, 0.717) is 22.7 Å². The minimum atomic E-state index is -1.24. The van der Waals surface area contributed by atoms with Crippen LogP contribution in [0.4, 0.5) is 16.2 Å². The third-order valence-electron chi connectivity index (χ3n) is 5.99. The Morgan fingerprint density at radius 2 is 1.55 bits per heavy atom. The van der Waals surface area contributed by atoms with Crippen LogP contribution in [0.2, 0.25) is 0 Å². The summed E-state index contributed by atoms with van der Waals surface area (Å²) in [6, 6.07) is 28.0. The van der Waals surface area contributed by atoms with Crippen molar-refractivity contribution in [2.24, 2.45) is 0 Å². The van der Waals surface area contributed by atoms with Gasteiger partial charge in [-0.1, -0.05) is 54.6 Å². The number of rotatable bonds is 10. The molecule has 10 heteroatoms. The molecule has 0 aromatic heterocycles. The first-order valence-corrected chi connectivity index (χ1v) is 12.8. The van der Waals surface area contributed by atoms with E-state index in [4.69, 9.17) is 19.9 Å². The van der Waals surface area contributed by atoms with Gasteiger partial charge < -0.3 is 30.4 Å². The van der Waals surface area contributed by atoms with Crippen LogP contribution in [0.1, 0.15) is 22.0 Å². The van der Waals surface area contributed by atoms with Crippen molar-refractivity contribution < 1.29 is 33.7 Å². The van der Waals surface area contributed by atoms with Gasteiger partial charge in [-0.25, -0.2) is 4.79 Å². The van der Waals surface area contributed by atoms with Crippen molar-refractivity contribution in [3.8, 4) is 17.2 Å². The Balaban J connectivity index is 1.66. The minimum Gasteiger partial charge on any atom is -0.504 e. The molecule has 0 unspecified atom stereocenters. The van der Waals surface area contributed by atoms with Crippen molar-refractivity contribution in [2.45, 2.75) is 12.2 Å². The second-order valence-electron chi connectivity index (χ2n) is 8.91. The van der Waals surface area contributed by atoms with Gasteiger partial charge in [0.05, 0.1) is 18.5 Å². The first-order valence-electron chi connectivity index (χ1n) is 12.8. The second-order valence-corrected chi connectivity index (χ2v) is 8.91. The van der Waals surface area contributed by atoms with Crippen molar-refractivity contribution in [1.82, 2.24) is 5.32 Å². The number of anilines is 2. The van der Waals surface area contributed by atoms with Crippen molar-refractivity contribution in [3.63, 3.8) is 0 Å². The van der Waals surface area contributed by atoms with Crippen LogP contribution in [-0.2, 0) is 9.53 Å². The minimum absolute atomic E-state index is 0.192. The molecule has 0 aliphatic carbocycles. The number of hydrogen-bond donors (Lipinski definition) is 4. The van der Waals surface area contributed by atoms with Crippen LogP contribution in [0.15, 0.2) is 115 Å². The van der Waals surface area contributed by atoms with Gasteiger partial charge >= 0.3 is 6.09 Å². The van der Waals surface area contributed by atoms with Gasteiger partial charge in [0.25, 0.3) is 5.91 Å². The van der Waals surface area contributed by atoms with Crippen LogP contribution in [0, 0.1) is 0 Å². The van der Waals surface area contributed by atoms with Gasteiger partial charge in [-0.2, -0.15) is 0 Å². The fourth-order valence-electron chi connectivity index (χ4n) is 3.93. The SMILES string of the molecule is COc1ccc([C@H](OC(=O)NC(=O)c2ccccc2)[C@H](/C=C/C(=O)Nc2ccccc2N)Oc2ccccc2)cc1O. The fourth-order valence-corrected chi connectivity index (χ4v) is 3.93. The highest BCUT2D eigenvalue weighted by atomic mass is 16.6. The maximum Gasteiger partial charge on any atom is 0.414 e. The van der Waals surface area contributed by atoms with Crippen LogP contribution in [-0.4, -0.2) is 36.2 Å². The number of hydrogen-bond acceptors (Lipinski definition) is 8. The normalized spacial score (nSPS) is 12.1. The van der Waals surface area contributed by atoms with E-state index in [9.17, 15) is 19.5 Å². The summed E-state index contributed by atoms with van der Waals surface area (Å²) in [6.45, 7) is 0. The summed E-state index contributed by atoms with van der Waals surface area (Å²) in [4.78, 5) is 38.4. The summed E-state index contributed by atoms with van der Waals surface area (Å²) in [5.41, 5.74) is 7.28. The van der Waals surface area contributed by atoms with Crippen LogP contribution in [0.25, 0.3) is 0 Å². The van der Waals surface area contributed by atoms with Gasteiger partial charge in [-0.3, -0.25) is 14.9 Å². The Labute approximate surface area is 242 Å². The molecule has 2 atom stereocenters. The number of benzene rings is 4. The molecule has 0 bridgehead atoms. The first kappa shape index (κ1) is 29.2. The standard InChI is InChI=1S/C32H29N3O7/c1-40-27-17-16-22(20-26(27)36)30(42-32(39)35-31(38)21-10-4-2-5-11-21)28(41-23-12-6-3-7-13-23)18-19-29(37)34-25-15-9-8-14-24(25)33/h2-20,28,30,36H,33H2,1H3,(H,34,37)(H,35,38,39)/b19-18+/t28-,30-/m0/s1. The number of nitrogen functional groups attached to an aromatic ring is 1. The molecular weight excluding hydrogens is 538 g/mol. The molecule has 0 radical (unpaired) electrons. The Kier molecular flexibility index (Phi) is 9.76. The van der Waals surface area contributed by atoms with Crippen LogP contribution >= 0.6 is 0 Å². The smallest absolute Gasteiger partial charge is 0.414 e. The van der Waals surface area contributed by atoms with Crippen LogP contribution < -0.4 is 25.8 Å². The molecule has 0 fully saturated rings. The van der Waals surface area contributed by atoms with E-state index in [2.05, 4.69) is 10.6 Å². The van der Waals surface area contributed by atoms with Gasteiger partial charge in [0, 0.05) is 17.2 Å². The number of alkyl carbamates (subject to hydrolysis) is 1. The number of imide groups is 1. The molecule has 10 nitrogen and oxygen atoms in total. The molecular formula is C32H29N3O7. The first-order chi connectivity index (χ1) is 20.3. The summed E-state index contributed by atoms with van der Waals surface area (Å²) in [6.07, 6.45) is -0.791. The van der Waals surface area contributed by atoms with Gasteiger partial charge in [-0.05, 0) is 54.6 Å². The maximum absolute atomic E-state index is 13.0. The van der Waals surface area contributed by atoms with E-state index < -0.39 is 30.1 Å². The molecule has 5 N–H and O–H groups in total. The Morgan fingerprint density at radius 3 is 2.21 bits per heavy atom. The van der Waals surface area contributed by atoms with Crippen molar-refractivity contribution in [3.05, 3.63) is 126 Å². The molecule has 0 saturated heterocycles. The Bertz CT molecular complexity index is 1560. The lowest BCUT2D eigenvalue weighted by Gasteiger charge is -2.26. The Hall–Kier alpha value is -5.77. The highest BCUT2D eigenvalue weighted by Crippen LogP contribution is 2.33. The number of nitrogens with two attached hydrogens (primary N) is 1. The highest BCUT2D eigenvalue weighted by molar-refractivity contribution is 6.03. The van der Waals surface area contributed by atoms with E-state index in [-0.39, 0.29) is 17.1 Å². The number of amides is 3. The molecule has 4 rings (SSSR count). The monoisotopic (exact) mass is 567 g/mol. The van der Waals surface area contributed by atoms with E-state index in [1.54, 1.807) is 91.0 Å². The van der Waals surface area contributed by atoms with Crippen molar-refractivity contribution >= 4 is 29.3 Å². The fraction of sp³-hybridized carbons (Fsp3) is 0.0938. The topological polar surface area (TPSA) is 149 Å². The number of para-hydroxylation sites is 3. The molecule has 3 amide bonds. The van der Waals surface area contributed by atoms with Crippen molar-refractivity contribution in [1.29, 1.82) is 0 Å². The largest absolute Gasteiger partial charge is 0.504 e. The van der Waals surface area contributed by atoms with Crippen LogP contribution in [0.3, 0.4) is 0 Å². The average Bonchev–Trinajstić information content (AvgIpc) is 3.00. The number of methoxy groups -OCH3 is 1. The third-order valence-corrected chi connectivity index (χ3v) is 5.99. The summed E-state index contributed by atoms with van der Waals surface area (Å²) in [7, 11) is 1.40. The maximum atomic E-state index is 13.0. The summed E-state index contributed by atoms with van der Waals surface area (Å²) in [5.74, 6) is -0.810. The number of aromatic hydroxyl groups is 1. The zero-order valence-electron chi connectivity index (χ0n) is 22.6. The molecule has 42 heavy (non-hydrogen) atoms. The third kappa shape index (κ3) is 7.89. The quantitative estimate of drug-likeness (QED) is 0.150. The molecule has 0 aliphatic rings. The summed E-state index contributed by atoms with van der Waals surface area (Å²) < 4.78 is 17.0. The molecule has 0 saturated carbocycles. The number of carbonyl (C=O) groups excluding carboxylic acids is 3. The van der Waals surface area contributed by atoms with E-state index in [0.717, 1.165) is 0 Å². The molecule has 0 aliphatic heterocycles. The summed E-state index contributed by atoms with van der Waals surface area (Å²) >= 11 is 0. The number of phenols is 1. The predicted molar refractivity (Wildman–Crippen MR) is 157 cm³/mol. The Morgan fingerprint density at radius 1 is 0.881 bits per heavy atom. The second kappa shape index (κ2) is 14.0. The number of carbonyl (C=O) groups is 3. The molecule has 4 aromatic rings. The number of phenolic OH excluding ortho intramolecular Hbond substituents is 1.